The quantitative estimate of drug-likeness (QED) is 0.634. The second-order valence-electron chi connectivity index (χ2n) is 4.70. The van der Waals surface area contributed by atoms with E-state index in [-0.39, 0.29) is 20.8 Å². The van der Waals surface area contributed by atoms with Crippen LogP contribution in [0.5, 0.6) is 0 Å². The summed E-state index contributed by atoms with van der Waals surface area (Å²) in [7, 11) is 0. The maximum atomic E-state index is 12.4. The number of carbonyl (C=O) groups excluding carboxylic acids is 3. The lowest BCUT2D eigenvalue weighted by Gasteiger charge is -2.30. The molecule has 4 amide bonds. The van der Waals surface area contributed by atoms with Gasteiger partial charge in [0.25, 0.3) is 5.91 Å². The first-order valence-corrected chi connectivity index (χ1v) is 6.85. The summed E-state index contributed by atoms with van der Waals surface area (Å²) < 4.78 is 0. The summed E-state index contributed by atoms with van der Waals surface area (Å²) in [5.74, 6) is -1.13. The molecule has 0 atom stereocenters. The van der Waals surface area contributed by atoms with Gasteiger partial charge in [0.1, 0.15) is 5.41 Å². The molecule has 1 aliphatic carbocycles. The highest BCUT2D eigenvalue weighted by atomic mass is 35.5. The summed E-state index contributed by atoms with van der Waals surface area (Å²) in [6, 6.07) is 1.84. The number of carbonyl (C=O) groups is 3. The van der Waals surface area contributed by atoms with Crippen LogP contribution in [0.2, 0.25) is 15.1 Å². The van der Waals surface area contributed by atoms with Gasteiger partial charge >= 0.3 is 6.03 Å². The van der Waals surface area contributed by atoms with Crippen LogP contribution in [-0.2, 0) is 9.59 Å². The Labute approximate surface area is 128 Å². The van der Waals surface area contributed by atoms with Crippen LogP contribution in [-0.4, -0.2) is 17.8 Å². The lowest BCUT2D eigenvalue weighted by Crippen LogP contribution is -2.59. The molecule has 1 aromatic rings. The number of imide groups is 2. The Morgan fingerprint density at radius 3 is 2.20 bits per heavy atom. The fourth-order valence-electron chi connectivity index (χ4n) is 2.14. The van der Waals surface area contributed by atoms with Gasteiger partial charge < -0.3 is 0 Å². The third-order valence-corrected chi connectivity index (χ3v) is 4.48. The number of hydrogen-bond acceptors (Lipinski definition) is 3. The predicted octanol–water partition coefficient (Wildman–Crippen LogP) is 3.01. The topological polar surface area (TPSA) is 66.5 Å². The summed E-state index contributed by atoms with van der Waals surface area (Å²) in [6.45, 7) is 0. The van der Waals surface area contributed by atoms with Crippen LogP contribution < -0.4 is 10.2 Å². The van der Waals surface area contributed by atoms with Gasteiger partial charge in [-0.1, -0.05) is 34.8 Å². The van der Waals surface area contributed by atoms with E-state index in [0.29, 0.717) is 12.8 Å². The first kappa shape index (κ1) is 13.7. The molecule has 1 aromatic carbocycles. The van der Waals surface area contributed by atoms with Gasteiger partial charge in [0.05, 0.1) is 20.8 Å². The number of halogens is 3. The zero-order valence-electron chi connectivity index (χ0n) is 9.87. The van der Waals surface area contributed by atoms with E-state index >= 15 is 0 Å². The zero-order valence-corrected chi connectivity index (χ0v) is 12.1. The number of nitrogens with zero attached hydrogens (tertiary/aromatic N) is 1. The Morgan fingerprint density at radius 1 is 1.00 bits per heavy atom. The summed E-state index contributed by atoms with van der Waals surface area (Å²) in [4.78, 5) is 36.9. The standard InChI is InChI=1S/C12H7Cl3N2O3/c13-5-3-7(15)8(4-6(5)14)17-10(19)12(1-2-12)9(18)16-11(17)20/h3-4H,1-2H2,(H,16,18,20). The van der Waals surface area contributed by atoms with Crippen LogP contribution in [0.15, 0.2) is 12.1 Å². The van der Waals surface area contributed by atoms with Crippen LogP contribution in [0.4, 0.5) is 10.5 Å². The van der Waals surface area contributed by atoms with Crippen molar-refractivity contribution in [1.29, 1.82) is 0 Å². The SMILES string of the molecule is O=C1NC(=O)C2(CC2)C(=O)N1c1cc(Cl)c(Cl)cc1Cl. The molecule has 0 aromatic heterocycles. The molecule has 0 bridgehead atoms. The molecule has 1 saturated carbocycles. The Hall–Kier alpha value is -1.30. The van der Waals surface area contributed by atoms with Crippen molar-refractivity contribution in [3.63, 3.8) is 0 Å². The van der Waals surface area contributed by atoms with Crippen molar-refractivity contribution in [3.05, 3.63) is 27.2 Å². The minimum absolute atomic E-state index is 0.105. The van der Waals surface area contributed by atoms with Crippen molar-refractivity contribution in [2.45, 2.75) is 12.8 Å². The third kappa shape index (κ3) is 1.81. The van der Waals surface area contributed by atoms with Gasteiger partial charge in [-0.15, -0.1) is 0 Å². The van der Waals surface area contributed by atoms with Crippen molar-refractivity contribution in [1.82, 2.24) is 5.32 Å². The Kier molecular flexibility index (Phi) is 2.97. The minimum Gasteiger partial charge on any atom is -0.276 e. The first-order valence-electron chi connectivity index (χ1n) is 5.71. The van der Waals surface area contributed by atoms with E-state index in [1.54, 1.807) is 0 Å². The molecule has 8 heteroatoms. The normalized spacial score (nSPS) is 20.4. The van der Waals surface area contributed by atoms with Crippen LogP contribution >= 0.6 is 34.8 Å². The van der Waals surface area contributed by atoms with Gasteiger partial charge in [0.2, 0.25) is 5.91 Å². The Morgan fingerprint density at radius 2 is 1.60 bits per heavy atom. The molecule has 1 saturated heterocycles. The van der Waals surface area contributed by atoms with Gasteiger partial charge in [-0.3, -0.25) is 14.9 Å². The number of hydrogen-bond donors (Lipinski definition) is 1. The van der Waals surface area contributed by atoms with E-state index in [4.69, 9.17) is 34.8 Å². The molecule has 104 valence electrons. The van der Waals surface area contributed by atoms with Crippen molar-refractivity contribution in [2.75, 3.05) is 4.90 Å². The summed E-state index contributed by atoms with van der Waals surface area (Å²) in [5, 5.41) is 2.64. The van der Waals surface area contributed by atoms with E-state index < -0.39 is 23.3 Å². The molecule has 5 nitrogen and oxygen atoms in total. The molecule has 1 spiro atoms. The lowest BCUT2D eigenvalue weighted by molar-refractivity contribution is -0.136. The highest BCUT2D eigenvalue weighted by Gasteiger charge is 2.62. The van der Waals surface area contributed by atoms with E-state index in [2.05, 4.69) is 5.32 Å². The zero-order chi connectivity index (χ0) is 14.7. The Bertz CT molecular complexity index is 670. The maximum absolute atomic E-state index is 12.4. The fraction of sp³-hybridized carbons (Fsp3) is 0.250. The second kappa shape index (κ2) is 4.35. The van der Waals surface area contributed by atoms with Crippen molar-refractivity contribution < 1.29 is 14.4 Å². The number of urea groups is 1. The fourth-order valence-corrected chi connectivity index (χ4v) is 2.77. The van der Waals surface area contributed by atoms with Crippen LogP contribution in [0.1, 0.15) is 12.8 Å². The highest BCUT2D eigenvalue weighted by molar-refractivity contribution is 6.45. The molecule has 0 unspecified atom stereocenters. The molecule has 2 fully saturated rings. The van der Waals surface area contributed by atoms with Crippen molar-refractivity contribution in [2.24, 2.45) is 5.41 Å². The Balaban J connectivity index is 2.09. The molecule has 1 heterocycles. The molecule has 20 heavy (non-hydrogen) atoms. The van der Waals surface area contributed by atoms with Crippen LogP contribution in [0.25, 0.3) is 0 Å². The summed E-state index contributed by atoms with van der Waals surface area (Å²) >= 11 is 17.7. The summed E-state index contributed by atoms with van der Waals surface area (Å²) in [6.07, 6.45) is 0.834. The average molecular weight is 334 g/mol. The van der Waals surface area contributed by atoms with E-state index in [9.17, 15) is 14.4 Å². The molecule has 3 rings (SSSR count). The van der Waals surface area contributed by atoms with Gasteiger partial charge in [0, 0.05) is 0 Å². The van der Waals surface area contributed by atoms with Crippen LogP contribution in [0, 0.1) is 5.41 Å². The largest absolute Gasteiger partial charge is 0.335 e. The smallest absolute Gasteiger partial charge is 0.276 e. The molecule has 2 aliphatic rings. The number of anilines is 1. The average Bonchev–Trinajstić information content (AvgIpc) is 3.15. The molecular weight excluding hydrogens is 327 g/mol. The first-order chi connectivity index (χ1) is 9.36. The number of benzene rings is 1. The number of nitrogens with one attached hydrogen (secondary N) is 1. The van der Waals surface area contributed by atoms with E-state index in [1.807, 2.05) is 0 Å². The van der Waals surface area contributed by atoms with E-state index in [0.717, 1.165) is 4.90 Å². The van der Waals surface area contributed by atoms with Gasteiger partial charge in [-0.05, 0) is 25.0 Å². The highest BCUT2D eigenvalue weighted by Crippen LogP contribution is 2.50. The maximum Gasteiger partial charge on any atom is 0.335 e. The van der Waals surface area contributed by atoms with Crippen LogP contribution in [0.3, 0.4) is 0 Å². The summed E-state index contributed by atoms with van der Waals surface area (Å²) in [5.41, 5.74) is -1.02. The molecule has 1 N–H and O–H groups in total. The lowest BCUT2D eigenvalue weighted by atomic mass is 10.0. The molecular formula is C12H7Cl3N2O3. The molecule has 1 aliphatic heterocycles. The van der Waals surface area contributed by atoms with Gasteiger partial charge in [-0.2, -0.15) is 0 Å². The number of barbiturate groups is 1. The van der Waals surface area contributed by atoms with Gasteiger partial charge in [-0.25, -0.2) is 9.69 Å². The minimum atomic E-state index is -1.14. The number of amides is 4. The monoisotopic (exact) mass is 332 g/mol. The number of rotatable bonds is 1. The van der Waals surface area contributed by atoms with Crippen molar-refractivity contribution in [3.8, 4) is 0 Å². The van der Waals surface area contributed by atoms with E-state index in [1.165, 1.54) is 12.1 Å². The van der Waals surface area contributed by atoms with Gasteiger partial charge in [0.15, 0.2) is 0 Å². The third-order valence-electron chi connectivity index (χ3n) is 3.45. The van der Waals surface area contributed by atoms with Crippen molar-refractivity contribution >= 4 is 58.3 Å². The second-order valence-corrected chi connectivity index (χ2v) is 5.92. The molecule has 0 radical (unpaired) electrons. The predicted molar refractivity (Wildman–Crippen MR) is 74.2 cm³/mol.